The predicted octanol–water partition coefficient (Wildman–Crippen LogP) is 1.88. The minimum absolute atomic E-state index is 0.0525. The lowest BCUT2D eigenvalue weighted by Gasteiger charge is -2.51. The number of carbonyl (C=O) groups is 1. The van der Waals surface area contributed by atoms with Gasteiger partial charge in [-0.2, -0.15) is 0 Å². The van der Waals surface area contributed by atoms with E-state index in [1.54, 1.807) is 0 Å². The number of para-hydroxylation sites is 1. The second-order valence-corrected chi connectivity index (χ2v) is 7.93. The number of hydrogen-bond acceptors (Lipinski definition) is 5. The number of esters is 1. The zero-order valence-corrected chi connectivity index (χ0v) is 14.7. The normalized spacial score (nSPS) is 36.5. The second kappa shape index (κ2) is 5.08. The van der Waals surface area contributed by atoms with E-state index in [1.807, 2.05) is 13.0 Å². The lowest BCUT2D eigenvalue weighted by atomic mass is 9.60. The molecule has 1 spiro atoms. The molecule has 0 amide bonds. The van der Waals surface area contributed by atoms with Crippen molar-refractivity contribution in [1.82, 2.24) is 4.90 Å². The topological polar surface area (TPSA) is 61.8 Å². The molecule has 0 aromatic heterocycles. The van der Waals surface area contributed by atoms with E-state index in [4.69, 9.17) is 4.74 Å². The number of aliphatic hydroxyl groups excluding tert-OH is 1. The van der Waals surface area contributed by atoms with Gasteiger partial charge in [0, 0.05) is 35.8 Å². The van der Waals surface area contributed by atoms with Crippen molar-refractivity contribution in [2.45, 2.75) is 37.3 Å². The smallest absolute Gasteiger partial charge is 0.335 e. The average molecular weight is 340 g/mol. The Labute approximate surface area is 147 Å². The highest BCUT2D eigenvalue weighted by Crippen LogP contribution is 2.61. The lowest BCUT2D eigenvalue weighted by Crippen LogP contribution is -2.57. The van der Waals surface area contributed by atoms with E-state index < -0.39 is 6.10 Å². The first-order valence-electron chi connectivity index (χ1n) is 9.19. The van der Waals surface area contributed by atoms with Crippen LogP contribution in [0.3, 0.4) is 0 Å². The average Bonchev–Trinajstić information content (AvgIpc) is 3.17. The van der Waals surface area contributed by atoms with Crippen LogP contribution in [0.2, 0.25) is 0 Å². The van der Waals surface area contributed by atoms with Crippen molar-refractivity contribution in [2.75, 3.05) is 25.5 Å². The van der Waals surface area contributed by atoms with Crippen LogP contribution >= 0.6 is 0 Å². The molecule has 25 heavy (non-hydrogen) atoms. The standard InChI is InChI=1S/C20H24N2O3/c1-11(23)13-10-22-8-7-20-14-5-3-4-6-15(14)21-18(20)17(19(24)25-2)12(13)9-16(20)22/h3-6,11-13,16,21,23H,7-10H2,1-2H3/t11-,12+,13-,16+,20?/m1/s1. The van der Waals surface area contributed by atoms with Crippen LogP contribution < -0.4 is 5.32 Å². The predicted molar refractivity (Wildman–Crippen MR) is 94.0 cm³/mol. The van der Waals surface area contributed by atoms with Gasteiger partial charge in [-0.25, -0.2) is 4.79 Å². The van der Waals surface area contributed by atoms with E-state index in [9.17, 15) is 9.90 Å². The maximum absolute atomic E-state index is 12.8. The first-order chi connectivity index (χ1) is 12.1. The molecule has 3 heterocycles. The molecule has 5 nitrogen and oxygen atoms in total. The van der Waals surface area contributed by atoms with Gasteiger partial charge >= 0.3 is 5.97 Å². The molecule has 5 rings (SSSR count). The van der Waals surface area contributed by atoms with Crippen molar-refractivity contribution in [3.05, 3.63) is 41.1 Å². The van der Waals surface area contributed by atoms with Crippen molar-refractivity contribution in [3.8, 4) is 0 Å². The Morgan fingerprint density at radius 1 is 1.44 bits per heavy atom. The minimum atomic E-state index is -0.442. The fourth-order valence-electron chi connectivity index (χ4n) is 5.98. The number of rotatable bonds is 2. The van der Waals surface area contributed by atoms with Gasteiger partial charge in [-0.3, -0.25) is 4.90 Å². The van der Waals surface area contributed by atoms with Crippen LogP contribution in [-0.2, 0) is 14.9 Å². The molecule has 1 aromatic rings. The van der Waals surface area contributed by atoms with Crippen molar-refractivity contribution in [1.29, 1.82) is 0 Å². The lowest BCUT2D eigenvalue weighted by molar-refractivity contribution is -0.138. The molecule has 3 aliphatic heterocycles. The van der Waals surface area contributed by atoms with Gasteiger partial charge in [0.1, 0.15) is 0 Å². The first kappa shape index (κ1) is 15.4. The first-order valence-corrected chi connectivity index (χ1v) is 9.19. The number of hydrogen-bond donors (Lipinski definition) is 2. The van der Waals surface area contributed by atoms with Gasteiger partial charge < -0.3 is 15.2 Å². The number of nitrogens with one attached hydrogen (secondary N) is 1. The molecule has 4 aliphatic rings. The van der Waals surface area contributed by atoms with E-state index in [2.05, 4.69) is 28.4 Å². The molecular formula is C20H24N2O3. The maximum atomic E-state index is 12.8. The van der Waals surface area contributed by atoms with Crippen molar-refractivity contribution in [3.63, 3.8) is 0 Å². The van der Waals surface area contributed by atoms with Gasteiger partial charge in [0.2, 0.25) is 0 Å². The third-order valence-corrected chi connectivity index (χ3v) is 7.02. The van der Waals surface area contributed by atoms with Crippen LogP contribution in [0.5, 0.6) is 0 Å². The van der Waals surface area contributed by atoms with Gasteiger partial charge in [-0.1, -0.05) is 18.2 Å². The van der Waals surface area contributed by atoms with Crippen molar-refractivity contribution < 1.29 is 14.6 Å². The SMILES string of the molecule is COC(=O)C1=C2Nc3ccccc3C23CCN2C[C@H]([C@@H](C)O)[C@@H]1C[C@H]23. The van der Waals surface area contributed by atoms with Crippen LogP contribution in [0.1, 0.15) is 25.3 Å². The highest BCUT2D eigenvalue weighted by molar-refractivity contribution is 5.93. The molecule has 1 unspecified atom stereocenters. The number of anilines is 1. The Balaban J connectivity index is 1.78. The molecule has 5 atom stereocenters. The number of aliphatic hydroxyl groups is 1. The van der Waals surface area contributed by atoms with Crippen LogP contribution in [0.25, 0.3) is 0 Å². The summed E-state index contributed by atoms with van der Waals surface area (Å²) in [4.78, 5) is 15.3. The molecule has 2 bridgehead atoms. The number of methoxy groups -OCH3 is 1. The summed E-state index contributed by atoms with van der Waals surface area (Å²) in [6.45, 7) is 3.71. The summed E-state index contributed by atoms with van der Waals surface area (Å²) in [7, 11) is 1.46. The Morgan fingerprint density at radius 3 is 3.00 bits per heavy atom. The summed E-state index contributed by atoms with van der Waals surface area (Å²) in [5, 5.41) is 14.0. The van der Waals surface area contributed by atoms with Crippen LogP contribution in [0, 0.1) is 11.8 Å². The molecule has 1 aliphatic carbocycles. The zero-order chi connectivity index (χ0) is 17.3. The minimum Gasteiger partial charge on any atom is -0.466 e. The Kier molecular flexibility index (Phi) is 3.13. The third-order valence-electron chi connectivity index (χ3n) is 7.02. The molecule has 0 radical (unpaired) electrons. The van der Waals surface area contributed by atoms with Crippen LogP contribution in [-0.4, -0.2) is 48.3 Å². The van der Waals surface area contributed by atoms with Crippen molar-refractivity contribution in [2.24, 2.45) is 11.8 Å². The molecule has 2 fully saturated rings. The highest BCUT2D eigenvalue weighted by Gasteiger charge is 2.63. The summed E-state index contributed by atoms with van der Waals surface area (Å²) in [5.41, 5.74) is 4.10. The molecular weight excluding hydrogens is 316 g/mol. The number of piperidine rings is 1. The van der Waals surface area contributed by atoms with Gasteiger partial charge in [-0.15, -0.1) is 0 Å². The molecule has 2 N–H and O–H groups in total. The summed E-state index contributed by atoms with van der Waals surface area (Å²) in [6, 6.07) is 8.83. The fourth-order valence-corrected chi connectivity index (χ4v) is 5.98. The number of nitrogens with zero attached hydrogens (tertiary/aromatic N) is 1. The molecule has 5 heteroatoms. The largest absolute Gasteiger partial charge is 0.466 e. The van der Waals surface area contributed by atoms with E-state index in [0.29, 0.717) is 6.04 Å². The fraction of sp³-hybridized carbons (Fsp3) is 0.550. The van der Waals surface area contributed by atoms with Crippen molar-refractivity contribution >= 4 is 11.7 Å². The Hall–Kier alpha value is -1.85. The van der Waals surface area contributed by atoms with Crippen LogP contribution in [0.4, 0.5) is 5.69 Å². The van der Waals surface area contributed by atoms with Gasteiger partial charge in [-0.05, 0) is 37.9 Å². The number of benzene rings is 1. The Morgan fingerprint density at radius 2 is 2.24 bits per heavy atom. The van der Waals surface area contributed by atoms with E-state index in [0.717, 1.165) is 42.9 Å². The number of ether oxygens (including phenoxy) is 1. The van der Waals surface area contributed by atoms with E-state index >= 15 is 0 Å². The van der Waals surface area contributed by atoms with E-state index in [1.165, 1.54) is 12.7 Å². The molecule has 2 saturated heterocycles. The second-order valence-electron chi connectivity index (χ2n) is 7.93. The van der Waals surface area contributed by atoms with Crippen LogP contribution in [0.15, 0.2) is 35.5 Å². The molecule has 132 valence electrons. The summed E-state index contributed by atoms with van der Waals surface area (Å²) < 4.78 is 5.19. The zero-order valence-electron chi connectivity index (χ0n) is 14.7. The van der Waals surface area contributed by atoms with E-state index in [-0.39, 0.29) is 23.2 Å². The van der Waals surface area contributed by atoms with Gasteiger partial charge in [0.25, 0.3) is 0 Å². The molecule has 1 aromatic carbocycles. The quantitative estimate of drug-likeness (QED) is 0.805. The third kappa shape index (κ3) is 1.78. The number of carbonyl (C=O) groups excluding carboxylic acids is 1. The summed E-state index contributed by atoms with van der Waals surface area (Å²) in [6.07, 6.45) is 1.49. The summed E-state index contributed by atoms with van der Waals surface area (Å²) in [5.74, 6) is -0.125. The van der Waals surface area contributed by atoms with Gasteiger partial charge in [0.05, 0.1) is 24.2 Å². The van der Waals surface area contributed by atoms with Gasteiger partial charge in [0.15, 0.2) is 0 Å². The highest BCUT2D eigenvalue weighted by atomic mass is 16.5. The molecule has 0 saturated carbocycles. The maximum Gasteiger partial charge on any atom is 0.335 e. The monoisotopic (exact) mass is 340 g/mol. The Bertz CT molecular complexity index is 787. The number of fused-ring (bicyclic) bond motifs is 2. The summed E-state index contributed by atoms with van der Waals surface area (Å²) >= 11 is 0.